The van der Waals surface area contributed by atoms with Crippen molar-refractivity contribution in [3.63, 3.8) is 0 Å². The summed E-state index contributed by atoms with van der Waals surface area (Å²) in [6, 6.07) is 9.86. The molecule has 0 unspecified atom stereocenters. The van der Waals surface area contributed by atoms with Crippen LogP contribution in [-0.4, -0.2) is 4.98 Å². The van der Waals surface area contributed by atoms with Crippen LogP contribution in [0.2, 0.25) is 0 Å². The van der Waals surface area contributed by atoms with Gasteiger partial charge in [-0.05, 0) is 29.9 Å². The fourth-order valence-corrected chi connectivity index (χ4v) is 1.78. The van der Waals surface area contributed by atoms with Gasteiger partial charge in [0.25, 0.3) is 5.56 Å². The SMILES string of the molecule is CC(C)Cc1cc2ccccc2[nH]c1=O. The van der Waals surface area contributed by atoms with Gasteiger partial charge < -0.3 is 4.98 Å². The number of para-hydroxylation sites is 1. The van der Waals surface area contributed by atoms with E-state index >= 15 is 0 Å². The summed E-state index contributed by atoms with van der Waals surface area (Å²) in [4.78, 5) is 14.6. The van der Waals surface area contributed by atoms with E-state index in [1.54, 1.807) is 0 Å². The molecule has 0 bridgehead atoms. The number of benzene rings is 1. The summed E-state index contributed by atoms with van der Waals surface area (Å²) in [6.45, 7) is 4.24. The summed E-state index contributed by atoms with van der Waals surface area (Å²) in [6.07, 6.45) is 0.833. The lowest BCUT2D eigenvalue weighted by Crippen LogP contribution is -2.14. The third kappa shape index (κ3) is 2.09. The molecule has 0 saturated carbocycles. The molecule has 1 aromatic heterocycles. The third-order valence-corrected chi connectivity index (χ3v) is 2.46. The number of pyridine rings is 1. The van der Waals surface area contributed by atoms with Crippen LogP contribution in [0.4, 0.5) is 0 Å². The topological polar surface area (TPSA) is 32.9 Å². The zero-order chi connectivity index (χ0) is 10.8. The smallest absolute Gasteiger partial charge is 0.251 e. The number of hydrogen-bond acceptors (Lipinski definition) is 1. The van der Waals surface area contributed by atoms with Gasteiger partial charge in [0.2, 0.25) is 0 Å². The lowest BCUT2D eigenvalue weighted by Gasteiger charge is -2.05. The van der Waals surface area contributed by atoms with Gasteiger partial charge in [-0.15, -0.1) is 0 Å². The van der Waals surface area contributed by atoms with Crippen LogP contribution in [0.1, 0.15) is 19.4 Å². The molecule has 1 aromatic carbocycles. The number of H-pyrrole nitrogens is 1. The van der Waals surface area contributed by atoms with E-state index in [4.69, 9.17) is 0 Å². The van der Waals surface area contributed by atoms with E-state index in [0.717, 1.165) is 22.9 Å². The fourth-order valence-electron chi connectivity index (χ4n) is 1.78. The van der Waals surface area contributed by atoms with Gasteiger partial charge in [-0.2, -0.15) is 0 Å². The third-order valence-electron chi connectivity index (χ3n) is 2.46. The normalized spacial score (nSPS) is 11.1. The van der Waals surface area contributed by atoms with E-state index in [0.29, 0.717) is 5.92 Å². The van der Waals surface area contributed by atoms with Gasteiger partial charge >= 0.3 is 0 Å². The second kappa shape index (κ2) is 3.89. The van der Waals surface area contributed by atoms with Gasteiger partial charge in [-0.3, -0.25) is 4.79 Å². The first-order valence-corrected chi connectivity index (χ1v) is 5.28. The summed E-state index contributed by atoms with van der Waals surface area (Å²) in [5, 5.41) is 1.10. The van der Waals surface area contributed by atoms with Gasteiger partial charge in [0.1, 0.15) is 0 Å². The van der Waals surface area contributed by atoms with Crippen LogP contribution in [0, 0.1) is 5.92 Å². The van der Waals surface area contributed by atoms with Crippen LogP contribution in [0.15, 0.2) is 35.1 Å². The van der Waals surface area contributed by atoms with Crippen LogP contribution >= 0.6 is 0 Å². The van der Waals surface area contributed by atoms with Gasteiger partial charge in [0.15, 0.2) is 0 Å². The van der Waals surface area contributed by atoms with Crippen molar-refractivity contribution < 1.29 is 0 Å². The molecule has 0 spiro atoms. The summed E-state index contributed by atoms with van der Waals surface area (Å²) in [5.74, 6) is 0.507. The Balaban J connectivity index is 2.57. The second-order valence-corrected chi connectivity index (χ2v) is 4.31. The number of rotatable bonds is 2. The first-order chi connectivity index (χ1) is 7.16. The lowest BCUT2D eigenvalue weighted by molar-refractivity contribution is 0.643. The minimum Gasteiger partial charge on any atom is -0.322 e. The van der Waals surface area contributed by atoms with E-state index in [1.807, 2.05) is 30.3 Å². The van der Waals surface area contributed by atoms with Gasteiger partial charge in [0, 0.05) is 11.1 Å². The van der Waals surface area contributed by atoms with Crippen molar-refractivity contribution in [1.82, 2.24) is 4.98 Å². The highest BCUT2D eigenvalue weighted by Crippen LogP contribution is 2.12. The van der Waals surface area contributed by atoms with Crippen molar-refractivity contribution in [1.29, 1.82) is 0 Å². The molecule has 0 fully saturated rings. The molecule has 2 heteroatoms. The largest absolute Gasteiger partial charge is 0.322 e. The molecule has 0 amide bonds. The molecule has 2 aromatic rings. The zero-order valence-corrected chi connectivity index (χ0v) is 9.08. The van der Waals surface area contributed by atoms with Crippen molar-refractivity contribution in [2.75, 3.05) is 0 Å². The van der Waals surface area contributed by atoms with Gasteiger partial charge in [-0.1, -0.05) is 32.0 Å². The standard InChI is InChI=1S/C13H15NO/c1-9(2)7-11-8-10-5-3-4-6-12(10)14-13(11)15/h3-6,8-9H,7H2,1-2H3,(H,14,15). The molecule has 1 N–H and O–H groups in total. The molecule has 1 heterocycles. The van der Waals surface area contributed by atoms with Gasteiger partial charge in [-0.25, -0.2) is 0 Å². The maximum Gasteiger partial charge on any atom is 0.251 e. The molecule has 2 nitrogen and oxygen atoms in total. The van der Waals surface area contributed by atoms with Crippen molar-refractivity contribution in [2.45, 2.75) is 20.3 Å². The van der Waals surface area contributed by atoms with E-state index in [1.165, 1.54) is 0 Å². The Hall–Kier alpha value is -1.57. The molecule has 0 atom stereocenters. The fraction of sp³-hybridized carbons (Fsp3) is 0.308. The van der Waals surface area contributed by atoms with Crippen LogP contribution in [0.3, 0.4) is 0 Å². The van der Waals surface area contributed by atoms with Crippen LogP contribution in [0.5, 0.6) is 0 Å². The van der Waals surface area contributed by atoms with E-state index in [-0.39, 0.29) is 5.56 Å². The Kier molecular flexibility index (Phi) is 2.58. The zero-order valence-electron chi connectivity index (χ0n) is 9.08. The Morgan fingerprint density at radius 1 is 1.27 bits per heavy atom. The molecule has 0 saturated heterocycles. The predicted octanol–water partition coefficient (Wildman–Crippen LogP) is 2.73. The number of aromatic amines is 1. The lowest BCUT2D eigenvalue weighted by atomic mass is 10.0. The minimum absolute atomic E-state index is 0.0439. The molecular weight excluding hydrogens is 186 g/mol. The molecule has 78 valence electrons. The van der Waals surface area contributed by atoms with Crippen molar-refractivity contribution in [2.24, 2.45) is 5.92 Å². The highest BCUT2D eigenvalue weighted by molar-refractivity contribution is 5.78. The first-order valence-electron chi connectivity index (χ1n) is 5.28. The van der Waals surface area contributed by atoms with Crippen molar-refractivity contribution >= 4 is 10.9 Å². The average molecular weight is 201 g/mol. The Bertz CT molecular complexity index is 525. The number of hydrogen-bond donors (Lipinski definition) is 1. The molecule has 0 radical (unpaired) electrons. The molecule has 0 aliphatic heterocycles. The van der Waals surface area contributed by atoms with E-state index < -0.39 is 0 Å². The van der Waals surface area contributed by atoms with Crippen molar-refractivity contribution in [3.05, 3.63) is 46.2 Å². The molecule has 0 aliphatic carbocycles. The molecule has 0 aliphatic rings. The number of fused-ring (bicyclic) bond motifs is 1. The van der Waals surface area contributed by atoms with Crippen molar-refractivity contribution in [3.8, 4) is 0 Å². The summed E-state index contributed by atoms with van der Waals surface area (Å²) < 4.78 is 0. The highest BCUT2D eigenvalue weighted by atomic mass is 16.1. The minimum atomic E-state index is 0.0439. The molecule has 2 rings (SSSR count). The van der Waals surface area contributed by atoms with Crippen LogP contribution < -0.4 is 5.56 Å². The molecule has 15 heavy (non-hydrogen) atoms. The van der Waals surface area contributed by atoms with Crippen LogP contribution in [-0.2, 0) is 6.42 Å². The maximum absolute atomic E-state index is 11.7. The van der Waals surface area contributed by atoms with Gasteiger partial charge in [0.05, 0.1) is 0 Å². The molecular formula is C13H15NO. The van der Waals surface area contributed by atoms with Crippen LogP contribution in [0.25, 0.3) is 10.9 Å². The summed E-state index contributed by atoms with van der Waals surface area (Å²) in [5.41, 5.74) is 1.83. The monoisotopic (exact) mass is 201 g/mol. The Morgan fingerprint density at radius 2 is 2.00 bits per heavy atom. The highest BCUT2D eigenvalue weighted by Gasteiger charge is 2.04. The second-order valence-electron chi connectivity index (χ2n) is 4.31. The number of nitrogens with one attached hydrogen (secondary N) is 1. The predicted molar refractivity (Wildman–Crippen MR) is 63.1 cm³/mol. The maximum atomic E-state index is 11.7. The quantitative estimate of drug-likeness (QED) is 0.796. The van der Waals surface area contributed by atoms with E-state index in [2.05, 4.69) is 18.8 Å². The summed E-state index contributed by atoms with van der Waals surface area (Å²) >= 11 is 0. The Labute approximate surface area is 89.0 Å². The first kappa shape index (κ1) is 9.97. The Morgan fingerprint density at radius 3 is 2.73 bits per heavy atom. The average Bonchev–Trinajstić information content (AvgIpc) is 2.18. The van der Waals surface area contributed by atoms with E-state index in [9.17, 15) is 4.79 Å². The summed E-state index contributed by atoms with van der Waals surface area (Å²) in [7, 11) is 0. The number of aromatic nitrogens is 1.